The topological polar surface area (TPSA) is 94.2 Å². The number of nitro benzene ring substituents is 1. The molecule has 0 N–H and O–H groups in total. The molecule has 6 rings (SSSR count). The van der Waals surface area contributed by atoms with Crippen LogP contribution in [-0.4, -0.2) is 10.9 Å². The summed E-state index contributed by atoms with van der Waals surface area (Å²) in [4.78, 5) is 22.8. The highest BCUT2D eigenvalue weighted by Crippen LogP contribution is 2.36. The summed E-state index contributed by atoms with van der Waals surface area (Å²) in [5.74, 6) is 0.157. The van der Waals surface area contributed by atoms with Gasteiger partial charge in [-0.1, -0.05) is 54.6 Å². The first-order valence-corrected chi connectivity index (χ1v) is 12.7. The third-order valence-electron chi connectivity index (χ3n) is 6.86. The van der Waals surface area contributed by atoms with E-state index in [2.05, 4.69) is 64.8 Å². The van der Waals surface area contributed by atoms with Crippen molar-refractivity contribution in [2.75, 3.05) is 0 Å². The van der Waals surface area contributed by atoms with E-state index in [1.807, 2.05) is 0 Å². The van der Waals surface area contributed by atoms with E-state index < -0.39 is 4.92 Å². The molecule has 0 spiro atoms. The number of carbonyl (C=O) groups is 1. The number of aryl methyl sites for hydroxylation is 1. The van der Waals surface area contributed by atoms with Gasteiger partial charge in [-0.05, 0) is 87.1 Å². The van der Waals surface area contributed by atoms with Crippen molar-refractivity contribution in [3.8, 4) is 5.75 Å². The molecule has 0 saturated carbocycles. The Bertz CT molecular complexity index is 1830. The zero-order valence-electron chi connectivity index (χ0n) is 20.9. The SMILES string of the molecule is O=C(CCCc1ccc2ccc3cccc4ccc1c2c34)Oc1ccc(N=Nc2ccc([N+](=O)[O-])cc2)cc1. The number of ether oxygens (including phenoxy) is 1. The fourth-order valence-electron chi connectivity index (χ4n) is 4.96. The Morgan fingerprint density at radius 1 is 0.718 bits per heavy atom. The maximum atomic E-state index is 12.5. The second-order valence-electron chi connectivity index (χ2n) is 9.38. The van der Waals surface area contributed by atoms with E-state index >= 15 is 0 Å². The molecular weight excluding hydrogens is 490 g/mol. The molecule has 7 nitrogen and oxygen atoms in total. The zero-order chi connectivity index (χ0) is 26.8. The Morgan fingerprint density at radius 3 is 1.97 bits per heavy atom. The van der Waals surface area contributed by atoms with Crippen molar-refractivity contribution in [1.82, 2.24) is 0 Å². The fourth-order valence-corrected chi connectivity index (χ4v) is 4.96. The molecule has 0 aromatic heterocycles. The number of nitrogens with zero attached hydrogens (tertiary/aromatic N) is 3. The number of hydrogen-bond acceptors (Lipinski definition) is 6. The van der Waals surface area contributed by atoms with Gasteiger partial charge in [0, 0.05) is 18.6 Å². The number of benzene rings is 6. The van der Waals surface area contributed by atoms with Crippen LogP contribution in [0.2, 0.25) is 0 Å². The van der Waals surface area contributed by atoms with E-state index in [9.17, 15) is 14.9 Å². The summed E-state index contributed by atoms with van der Waals surface area (Å²) in [6, 6.07) is 32.0. The molecular formula is C32H23N3O4. The lowest BCUT2D eigenvalue weighted by Crippen LogP contribution is -2.08. The van der Waals surface area contributed by atoms with Crippen molar-refractivity contribution in [2.45, 2.75) is 19.3 Å². The first-order chi connectivity index (χ1) is 19.0. The molecule has 0 amide bonds. The quantitative estimate of drug-likeness (QED) is 0.0507. The third-order valence-corrected chi connectivity index (χ3v) is 6.86. The zero-order valence-corrected chi connectivity index (χ0v) is 20.9. The molecule has 190 valence electrons. The highest BCUT2D eigenvalue weighted by molar-refractivity contribution is 6.23. The van der Waals surface area contributed by atoms with Crippen LogP contribution in [0.3, 0.4) is 0 Å². The lowest BCUT2D eigenvalue weighted by molar-refractivity contribution is -0.384. The molecule has 0 aliphatic rings. The van der Waals surface area contributed by atoms with Crippen LogP contribution in [0.15, 0.2) is 113 Å². The van der Waals surface area contributed by atoms with Gasteiger partial charge in [0.15, 0.2) is 0 Å². The van der Waals surface area contributed by atoms with Crippen molar-refractivity contribution in [3.63, 3.8) is 0 Å². The standard InChI is InChI=1S/C32H23N3O4/c36-30(39-28-18-14-26(15-19-28)34-33-25-12-16-27(17-13-25)35(37)38)6-2-3-21-7-8-24-10-9-22-4-1-5-23-11-20-29(21)32(24)31(22)23/h1,4-5,7-20H,2-3,6H2. The van der Waals surface area contributed by atoms with Gasteiger partial charge in [-0.3, -0.25) is 14.9 Å². The lowest BCUT2D eigenvalue weighted by atomic mass is 9.90. The van der Waals surface area contributed by atoms with Crippen molar-refractivity contribution in [1.29, 1.82) is 0 Å². The summed E-state index contributed by atoms with van der Waals surface area (Å²) in [7, 11) is 0. The smallest absolute Gasteiger partial charge is 0.311 e. The molecule has 0 radical (unpaired) electrons. The fraction of sp³-hybridized carbons (Fsp3) is 0.0938. The number of non-ortho nitro benzene ring substituents is 1. The minimum Gasteiger partial charge on any atom is -0.427 e. The average Bonchev–Trinajstić information content (AvgIpc) is 2.96. The Kier molecular flexibility index (Phi) is 6.39. The van der Waals surface area contributed by atoms with E-state index in [0.717, 1.165) is 6.42 Å². The number of azo groups is 1. The molecule has 0 unspecified atom stereocenters. The van der Waals surface area contributed by atoms with Gasteiger partial charge in [-0.25, -0.2) is 0 Å². The van der Waals surface area contributed by atoms with Crippen molar-refractivity contribution >= 4 is 55.3 Å². The summed E-state index contributed by atoms with van der Waals surface area (Å²) in [5.41, 5.74) is 2.30. The first-order valence-electron chi connectivity index (χ1n) is 12.7. The summed E-state index contributed by atoms with van der Waals surface area (Å²) in [5, 5.41) is 26.5. The Hall–Kier alpha value is -5.17. The van der Waals surface area contributed by atoms with Crippen LogP contribution in [-0.2, 0) is 11.2 Å². The number of carbonyl (C=O) groups excluding carboxylic acids is 1. The molecule has 6 aromatic rings. The van der Waals surface area contributed by atoms with Crippen molar-refractivity contribution in [2.24, 2.45) is 10.2 Å². The highest BCUT2D eigenvalue weighted by Gasteiger charge is 2.12. The second kappa shape index (κ2) is 10.3. The monoisotopic (exact) mass is 513 g/mol. The van der Waals surface area contributed by atoms with E-state index in [0.29, 0.717) is 30.0 Å². The van der Waals surface area contributed by atoms with Gasteiger partial charge in [-0.15, -0.1) is 0 Å². The molecule has 0 heterocycles. The van der Waals surface area contributed by atoms with Crippen molar-refractivity contribution < 1.29 is 14.5 Å². The minimum atomic E-state index is -0.465. The Balaban J connectivity index is 1.07. The van der Waals surface area contributed by atoms with Crippen LogP contribution in [0, 0.1) is 10.1 Å². The maximum absolute atomic E-state index is 12.5. The van der Waals surface area contributed by atoms with Gasteiger partial charge in [0.1, 0.15) is 5.75 Å². The number of esters is 1. The van der Waals surface area contributed by atoms with Gasteiger partial charge in [-0.2, -0.15) is 10.2 Å². The molecule has 39 heavy (non-hydrogen) atoms. The van der Waals surface area contributed by atoms with E-state index in [4.69, 9.17) is 4.74 Å². The first kappa shape index (κ1) is 24.2. The van der Waals surface area contributed by atoms with Crippen LogP contribution in [0.5, 0.6) is 5.75 Å². The van der Waals surface area contributed by atoms with E-state index in [1.54, 1.807) is 24.3 Å². The Morgan fingerprint density at radius 2 is 1.31 bits per heavy atom. The molecule has 0 saturated heterocycles. The summed E-state index contributed by atoms with van der Waals surface area (Å²) < 4.78 is 5.51. The lowest BCUT2D eigenvalue weighted by Gasteiger charge is -2.13. The van der Waals surface area contributed by atoms with Crippen LogP contribution in [0.4, 0.5) is 17.1 Å². The van der Waals surface area contributed by atoms with Crippen LogP contribution < -0.4 is 4.74 Å². The molecule has 0 aliphatic carbocycles. The molecule has 0 fully saturated rings. The number of rotatable bonds is 8. The molecule has 0 aliphatic heterocycles. The number of nitro groups is 1. The van der Waals surface area contributed by atoms with Gasteiger partial charge >= 0.3 is 5.97 Å². The van der Waals surface area contributed by atoms with Crippen LogP contribution in [0.1, 0.15) is 18.4 Å². The van der Waals surface area contributed by atoms with Crippen LogP contribution >= 0.6 is 0 Å². The molecule has 0 bridgehead atoms. The third kappa shape index (κ3) is 5.02. The predicted molar refractivity (Wildman–Crippen MR) is 152 cm³/mol. The van der Waals surface area contributed by atoms with Gasteiger partial charge in [0.05, 0.1) is 16.3 Å². The Labute approximate surface area is 223 Å². The van der Waals surface area contributed by atoms with E-state index in [-0.39, 0.29) is 11.7 Å². The normalized spacial score (nSPS) is 11.6. The van der Waals surface area contributed by atoms with E-state index in [1.165, 1.54) is 62.1 Å². The van der Waals surface area contributed by atoms with Crippen molar-refractivity contribution in [3.05, 3.63) is 119 Å². The summed E-state index contributed by atoms with van der Waals surface area (Å²) >= 11 is 0. The predicted octanol–water partition coefficient (Wildman–Crippen LogP) is 8.84. The maximum Gasteiger partial charge on any atom is 0.311 e. The largest absolute Gasteiger partial charge is 0.427 e. The van der Waals surface area contributed by atoms with Gasteiger partial charge in [0.25, 0.3) is 5.69 Å². The van der Waals surface area contributed by atoms with Crippen LogP contribution in [0.25, 0.3) is 32.3 Å². The average molecular weight is 514 g/mol. The number of hydrogen-bond donors (Lipinski definition) is 0. The summed E-state index contributed by atoms with van der Waals surface area (Å²) in [6.45, 7) is 0. The second-order valence-corrected chi connectivity index (χ2v) is 9.38. The van der Waals surface area contributed by atoms with Gasteiger partial charge < -0.3 is 4.74 Å². The molecule has 7 heteroatoms. The molecule has 6 aromatic carbocycles. The van der Waals surface area contributed by atoms with Gasteiger partial charge in [0.2, 0.25) is 0 Å². The summed E-state index contributed by atoms with van der Waals surface area (Å²) in [6.07, 6.45) is 1.78. The highest BCUT2D eigenvalue weighted by atomic mass is 16.6. The minimum absolute atomic E-state index is 0.00367. The molecule has 0 atom stereocenters.